The highest BCUT2D eigenvalue weighted by Crippen LogP contribution is 2.14. The molecule has 0 aromatic carbocycles. The molecule has 1 heterocycles. The van der Waals surface area contributed by atoms with Gasteiger partial charge in [0.25, 0.3) is 0 Å². The Hall–Kier alpha value is -0.220. The molecular formula is C11H22N2OS. The molecule has 0 aromatic heterocycles. The predicted molar refractivity (Wildman–Crippen MR) is 65.9 cm³/mol. The van der Waals surface area contributed by atoms with Gasteiger partial charge in [0.1, 0.15) is 0 Å². The largest absolute Gasteiger partial charge is 0.328 e. The number of nitrogens with zero attached hydrogens (tertiary/aromatic N) is 1. The van der Waals surface area contributed by atoms with Gasteiger partial charge in [-0.3, -0.25) is 10.1 Å². The van der Waals surface area contributed by atoms with Crippen LogP contribution in [0, 0.1) is 11.8 Å². The van der Waals surface area contributed by atoms with Gasteiger partial charge < -0.3 is 4.90 Å². The highest BCUT2D eigenvalue weighted by Gasteiger charge is 2.33. The number of hydrogen-bond acceptors (Lipinski definition) is 3. The van der Waals surface area contributed by atoms with Gasteiger partial charge in [-0.25, -0.2) is 0 Å². The Bertz CT molecular complexity index is 221. The van der Waals surface area contributed by atoms with Crippen molar-refractivity contribution in [2.45, 2.75) is 26.8 Å². The zero-order chi connectivity index (χ0) is 11.4. The average Bonchev–Trinajstić information content (AvgIpc) is 2.48. The molecule has 0 saturated carbocycles. The van der Waals surface area contributed by atoms with Crippen molar-refractivity contribution in [2.75, 3.05) is 25.2 Å². The SMILES string of the molecule is CSCC(C)CN1CNC(C(C)C)C1=O. The van der Waals surface area contributed by atoms with E-state index >= 15 is 0 Å². The molecule has 0 aromatic rings. The smallest absolute Gasteiger partial charge is 0.241 e. The third kappa shape index (κ3) is 3.38. The molecule has 1 aliphatic rings. The minimum Gasteiger partial charge on any atom is -0.328 e. The van der Waals surface area contributed by atoms with Gasteiger partial charge in [-0.15, -0.1) is 0 Å². The van der Waals surface area contributed by atoms with E-state index in [0.717, 1.165) is 19.0 Å². The standard InChI is InChI=1S/C11H22N2OS/c1-8(2)10-11(14)13(7-12-10)5-9(3)6-15-4/h8-10,12H,5-7H2,1-4H3. The number of amides is 1. The molecule has 1 aliphatic heterocycles. The van der Waals surface area contributed by atoms with E-state index in [-0.39, 0.29) is 11.9 Å². The highest BCUT2D eigenvalue weighted by molar-refractivity contribution is 7.98. The Balaban J connectivity index is 2.42. The fourth-order valence-corrected chi connectivity index (χ4v) is 2.63. The monoisotopic (exact) mass is 230 g/mol. The zero-order valence-corrected chi connectivity index (χ0v) is 10.9. The summed E-state index contributed by atoms with van der Waals surface area (Å²) in [7, 11) is 0. The molecule has 2 unspecified atom stereocenters. The molecule has 0 bridgehead atoms. The summed E-state index contributed by atoms with van der Waals surface area (Å²) in [5.74, 6) is 2.36. The van der Waals surface area contributed by atoms with Gasteiger partial charge in [-0.2, -0.15) is 11.8 Å². The summed E-state index contributed by atoms with van der Waals surface area (Å²) >= 11 is 1.84. The van der Waals surface area contributed by atoms with Crippen LogP contribution in [0.1, 0.15) is 20.8 Å². The summed E-state index contributed by atoms with van der Waals surface area (Å²) in [5.41, 5.74) is 0. The summed E-state index contributed by atoms with van der Waals surface area (Å²) in [4.78, 5) is 13.9. The lowest BCUT2D eigenvalue weighted by Gasteiger charge is -2.20. The van der Waals surface area contributed by atoms with Crippen LogP contribution >= 0.6 is 11.8 Å². The topological polar surface area (TPSA) is 32.3 Å². The number of carbonyl (C=O) groups is 1. The van der Waals surface area contributed by atoms with Crippen LogP contribution in [0.2, 0.25) is 0 Å². The van der Waals surface area contributed by atoms with Gasteiger partial charge >= 0.3 is 0 Å². The predicted octanol–water partition coefficient (Wildman–Crippen LogP) is 1.40. The minimum absolute atomic E-state index is 0.0338. The highest BCUT2D eigenvalue weighted by atomic mass is 32.2. The molecule has 2 atom stereocenters. The molecule has 1 amide bonds. The van der Waals surface area contributed by atoms with E-state index in [1.54, 1.807) is 0 Å². The number of nitrogens with one attached hydrogen (secondary N) is 1. The van der Waals surface area contributed by atoms with Crippen LogP contribution < -0.4 is 5.32 Å². The van der Waals surface area contributed by atoms with E-state index in [0.29, 0.717) is 11.8 Å². The molecule has 15 heavy (non-hydrogen) atoms. The van der Waals surface area contributed by atoms with E-state index in [4.69, 9.17) is 0 Å². The Kier molecular flexibility index (Phi) is 4.93. The van der Waals surface area contributed by atoms with Crippen molar-refractivity contribution in [3.05, 3.63) is 0 Å². The maximum absolute atomic E-state index is 11.9. The summed E-state index contributed by atoms with van der Waals surface area (Å²) in [5, 5.41) is 3.27. The van der Waals surface area contributed by atoms with Crippen LogP contribution in [0.5, 0.6) is 0 Å². The molecule has 4 heteroatoms. The first-order valence-electron chi connectivity index (χ1n) is 5.57. The first-order chi connectivity index (χ1) is 7.06. The molecule has 88 valence electrons. The van der Waals surface area contributed by atoms with Crippen molar-refractivity contribution in [3.63, 3.8) is 0 Å². The maximum Gasteiger partial charge on any atom is 0.241 e. The second-order valence-electron chi connectivity index (χ2n) is 4.71. The third-order valence-corrected chi connectivity index (χ3v) is 3.63. The van der Waals surface area contributed by atoms with Crippen molar-refractivity contribution >= 4 is 17.7 Å². The summed E-state index contributed by atoms with van der Waals surface area (Å²) < 4.78 is 0. The Morgan fingerprint density at radius 1 is 1.53 bits per heavy atom. The fraction of sp³-hybridized carbons (Fsp3) is 0.909. The minimum atomic E-state index is 0.0338. The van der Waals surface area contributed by atoms with Gasteiger partial charge in [0, 0.05) is 6.54 Å². The molecular weight excluding hydrogens is 208 g/mol. The normalized spacial score (nSPS) is 23.9. The number of rotatable bonds is 5. The van der Waals surface area contributed by atoms with E-state index in [1.165, 1.54) is 0 Å². The van der Waals surface area contributed by atoms with Crippen LogP contribution in [0.3, 0.4) is 0 Å². The van der Waals surface area contributed by atoms with Crippen molar-refractivity contribution < 1.29 is 4.79 Å². The summed E-state index contributed by atoms with van der Waals surface area (Å²) in [6, 6.07) is 0.0338. The van der Waals surface area contributed by atoms with Crippen molar-refractivity contribution in [2.24, 2.45) is 11.8 Å². The molecule has 0 radical (unpaired) electrons. The molecule has 1 rings (SSSR count). The van der Waals surface area contributed by atoms with Crippen LogP contribution in [0.4, 0.5) is 0 Å². The number of thioether (sulfide) groups is 1. The van der Waals surface area contributed by atoms with Gasteiger partial charge in [-0.1, -0.05) is 20.8 Å². The molecule has 1 fully saturated rings. The van der Waals surface area contributed by atoms with E-state index < -0.39 is 0 Å². The Morgan fingerprint density at radius 3 is 2.67 bits per heavy atom. The van der Waals surface area contributed by atoms with E-state index in [9.17, 15) is 4.79 Å². The lowest BCUT2D eigenvalue weighted by molar-refractivity contribution is -0.130. The van der Waals surface area contributed by atoms with Gasteiger partial charge in [0.15, 0.2) is 0 Å². The summed E-state index contributed by atoms with van der Waals surface area (Å²) in [6.07, 6.45) is 2.11. The van der Waals surface area contributed by atoms with Crippen molar-refractivity contribution in [3.8, 4) is 0 Å². The average molecular weight is 230 g/mol. The first kappa shape index (κ1) is 12.8. The number of carbonyl (C=O) groups excluding carboxylic acids is 1. The van der Waals surface area contributed by atoms with E-state index in [1.807, 2.05) is 16.7 Å². The van der Waals surface area contributed by atoms with Gasteiger partial charge in [0.2, 0.25) is 5.91 Å². The Morgan fingerprint density at radius 2 is 2.20 bits per heavy atom. The third-order valence-electron chi connectivity index (χ3n) is 2.73. The quantitative estimate of drug-likeness (QED) is 0.775. The molecule has 0 aliphatic carbocycles. The van der Waals surface area contributed by atoms with Gasteiger partial charge in [0.05, 0.1) is 12.7 Å². The lowest BCUT2D eigenvalue weighted by atomic mass is 10.0. The first-order valence-corrected chi connectivity index (χ1v) is 6.96. The number of hydrogen-bond donors (Lipinski definition) is 1. The molecule has 3 nitrogen and oxygen atoms in total. The Labute approximate surface area is 97.0 Å². The zero-order valence-electron chi connectivity index (χ0n) is 10.1. The molecule has 0 spiro atoms. The maximum atomic E-state index is 11.9. The second-order valence-corrected chi connectivity index (χ2v) is 5.62. The van der Waals surface area contributed by atoms with E-state index in [2.05, 4.69) is 32.3 Å². The summed E-state index contributed by atoms with van der Waals surface area (Å²) in [6.45, 7) is 7.98. The van der Waals surface area contributed by atoms with Crippen LogP contribution in [-0.2, 0) is 4.79 Å². The van der Waals surface area contributed by atoms with Crippen LogP contribution in [0.25, 0.3) is 0 Å². The fourth-order valence-electron chi connectivity index (χ4n) is 1.96. The van der Waals surface area contributed by atoms with Crippen LogP contribution in [-0.4, -0.2) is 42.1 Å². The van der Waals surface area contributed by atoms with Crippen molar-refractivity contribution in [1.82, 2.24) is 10.2 Å². The van der Waals surface area contributed by atoms with Crippen LogP contribution in [0.15, 0.2) is 0 Å². The van der Waals surface area contributed by atoms with Crippen molar-refractivity contribution in [1.29, 1.82) is 0 Å². The molecule has 1 saturated heterocycles. The molecule has 1 N–H and O–H groups in total. The lowest BCUT2D eigenvalue weighted by Crippen LogP contribution is -2.36. The second kappa shape index (κ2) is 5.75. The van der Waals surface area contributed by atoms with Gasteiger partial charge in [-0.05, 0) is 23.8 Å².